The van der Waals surface area contributed by atoms with Crippen molar-refractivity contribution in [2.45, 2.75) is 13.0 Å². The Labute approximate surface area is 143 Å². The second kappa shape index (κ2) is 7.00. The van der Waals surface area contributed by atoms with Gasteiger partial charge in [-0.05, 0) is 6.92 Å². The Bertz CT molecular complexity index is 933. The van der Waals surface area contributed by atoms with Gasteiger partial charge in [0.15, 0.2) is 5.76 Å². The maximum atomic E-state index is 12.1. The molecule has 0 aliphatic heterocycles. The third kappa shape index (κ3) is 3.74. The SMILES string of the molecule is C[C@H](NC(=O)Nc1nccn(C)c1=O)c1ncc(-c2ccccc2)o1. The Kier molecular flexibility index (Phi) is 4.60. The quantitative estimate of drug-likeness (QED) is 0.759. The number of carbonyl (C=O) groups is 1. The molecule has 0 aliphatic carbocycles. The van der Waals surface area contributed by atoms with E-state index in [0.29, 0.717) is 11.7 Å². The molecule has 2 amide bonds. The topological polar surface area (TPSA) is 102 Å². The fourth-order valence-corrected chi connectivity index (χ4v) is 2.21. The van der Waals surface area contributed by atoms with E-state index in [4.69, 9.17) is 4.42 Å². The van der Waals surface area contributed by atoms with Crippen molar-refractivity contribution in [1.82, 2.24) is 19.9 Å². The standard InChI is InChI=1S/C17H17N5O3/c1-11(15-19-10-13(25-15)12-6-4-3-5-7-12)20-17(24)21-14-16(23)22(2)9-8-18-14/h3-11H,1-2H3,(H2,18,20,21,24)/t11-/m0/s1. The van der Waals surface area contributed by atoms with Gasteiger partial charge in [0.1, 0.15) is 6.04 Å². The van der Waals surface area contributed by atoms with E-state index in [9.17, 15) is 9.59 Å². The first-order chi connectivity index (χ1) is 12.0. The van der Waals surface area contributed by atoms with E-state index in [1.54, 1.807) is 20.2 Å². The Morgan fingerprint density at radius 2 is 2.00 bits per heavy atom. The van der Waals surface area contributed by atoms with Crippen molar-refractivity contribution in [2.24, 2.45) is 7.05 Å². The van der Waals surface area contributed by atoms with E-state index in [1.807, 2.05) is 30.3 Å². The molecular formula is C17H17N5O3. The molecule has 0 unspecified atom stereocenters. The van der Waals surface area contributed by atoms with Gasteiger partial charge in [0.2, 0.25) is 11.7 Å². The van der Waals surface area contributed by atoms with E-state index in [1.165, 1.54) is 17.0 Å². The minimum Gasteiger partial charge on any atom is -0.438 e. The van der Waals surface area contributed by atoms with Gasteiger partial charge in [0, 0.05) is 25.0 Å². The number of aromatic nitrogens is 3. The van der Waals surface area contributed by atoms with E-state index >= 15 is 0 Å². The summed E-state index contributed by atoms with van der Waals surface area (Å²) in [6.07, 6.45) is 4.54. The van der Waals surface area contributed by atoms with Gasteiger partial charge in [-0.25, -0.2) is 14.8 Å². The zero-order valence-electron chi connectivity index (χ0n) is 13.8. The maximum absolute atomic E-state index is 12.1. The highest BCUT2D eigenvalue weighted by Gasteiger charge is 2.17. The lowest BCUT2D eigenvalue weighted by Crippen LogP contribution is -2.34. The number of benzene rings is 1. The molecule has 0 saturated heterocycles. The number of rotatable bonds is 4. The summed E-state index contributed by atoms with van der Waals surface area (Å²) in [4.78, 5) is 32.0. The summed E-state index contributed by atoms with van der Waals surface area (Å²) in [5.74, 6) is 0.929. The zero-order chi connectivity index (χ0) is 17.8. The molecule has 2 N–H and O–H groups in total. The zero-order valence-corrected chi connectivity index (χ0v) is 13.8. The summed E-state index contributed by atoms with van der Waals surface area (Å²) in [5, 5.41) is 5.09. The number of aryl methyl sites for hydroxylation is 1. The van der Waals surface area contributed by atoms with Crippen LogP contribution in [0, 0.1) is 0 Å². The molecule has 3 aromatic rings. The number of urea groups is 1. The monoisotopic (exact) mass is 339 g/mol. The fraction of sp³-hybridized carbons (Fsp3) is 0.176. The van der Waals surface area contributed by atoms with Crippen molar-refractivity contribution < 1.29 is 9.21 Å². The van der Waals surface area contributed by atoms with Crippen molar-refractivity contribution in [3.63, 3.8) is 0 Å². The molecular weight excluding hydrogens is 322 g/mol. The summed E-state index contributed by atoms with van der Waals surface area (Å²) in [5.41, 5.74) is 0.502. The van der Waals surface area contributed by atoms with Gasteiger partial charge < -0.3 is 14.3 Å². The van der Waals surface area contributed by atoms with Crippen molar-refractivity contribution >= 4 is 11.8 Å². The minimum atomic E-state index is -0.567. The normalized spacial score (nSPS) is 11.8. The smallest absolute Gasteiger partial charge is 0.321 e. The Hall–Kier alpha value is -3.42. The van der Waals surface area contributed by atoms with Gasteiger partial charge in [-0.2, -0.15) is 0 Å². The van der Waals surface area contributed by atoms with Gasteiger partial charge >= 0.3 is 6.03 Å². The third-order valence-electron chi connectivity index (χ3n) is 3.55. The molecule has 0 radical (unpaired) electrons. The van der Waals surface area contributed by atoms with Crippen LogP contribution in [0.5, 0.6) is 0 Å². The highest BCUT2D eigenvalue weighted by Crippen LogP contribution is 2.22. The molecule has 8 heteroatoms. The third-order valence-corrected chi connectivity index (χ3v) is 3.55. The molecule has 3 rings (SSSR count). The lowest BCUT2D eigenvalue weighted by Gasteiger charge is -2.11. The second-order valence-electron chi connectivity index (χ2n) is 5.44. The van der Waals surface area contributed by atoms with Crippen LogP contribution in [0.1, 0.15) is 18.9 Å². The average molecular weight is 339 g/mol. The second-order valence-corrected chi connectivity index (χ2v) is 5.44. The number of nitrogens with one attached hydrogen (secondary N) is 2. The molecule has 8 nitrogen and oxygen atoms in total. The van der Waals surface area contributed by atoms with E-state index in [-0.39, 0.29) is 5.82 Å². The van der Waals surface area contributed by atoms with Gasteiger partial charge in [-0.15, -0.1) is 0 Å². The number of amides is 2. The lowest BCUT2D eigenvalue weighted by molar-refractivity contribution is 0.247. The highest BCUT2D eigenvalue weighted by molar-refractivity contribution is 5.88. The molecule has 1 atom stereocenters. The van der Waals surface area contributed by atoms with Gasteiger partial charge in [0.25, 0.3) is 5.56 Å². The number of anilines is 1. The minimum absolute atomic E-state index is 0.0490. The summed E-state index contributed by atoms with van der Waals surface area (Å²) in [6.45, 7) is 1.73. The molecule has 1 aromatic carbocycles. The highest BCUT2D eigenvalue weighted by atomic mass is 16.4. The van der Waals surface area contributed by atoms with Gasteiger partial charge in [0.05, 0.1) is 6.20 Å². The molecule has 0 aliphatic rings. The summed E-state index contributed by atoms with van der Waals surface area (Å²) < 4.78 is 7.02. The van der Waals surface area contributed by atoms with Crippen LogP contribution in [0.4, 0.5) is 10.6 Å². The Balaban J connectivity index is 1.67. The maximum Gasteiger partial charge on any atom is 0.321 e. The summed E-state index contributed by atoms with van der Waals surface area (Å²) in [7, 11) is 1.58. The average Bonchev–Trinajstić information content (AvgIpc) is 3.10. The van der Waals surface area contributed by atoms with Crippen molar-refractivity contribution in [1.29, 1.82) is 0 Å². The van der Waals surface area contributed by atoms with Crippen molar-refractivity contribution in [3.05, 3.63) is 65.2 Å². The molecule has 0 saturated carbocycles. The van der Waals surface area contributed by atoms with Gasteiger partial charge in [-0.3, -0.25) is 10.1 Å². The van der Waals surface area contributed by atoms with Crippen LogP contribution >= 0.6 is 0 Å². The largest absolute Gasteiger partial charge is 0.438 e. The van der Waals surface area contributed by atoms with Crippen LogP contribution in [0.3, 0.4) is 0 Å². The Morgan fingerprint density at radius 3 is 2.76 bits per heavy atom. The number of carbonyl (C=O) groups excluding carboxylic acids is 1. The number of nitrogens with zero attached hydrogens (tertiary/aromatic N) is 3. The molecule has 128 valence electrons. The van der Waals surface area contributed by atoms with E-state index in [2.05, 4.69) is 20.6 Å². The number of hydrogen-bond donors (Lipinski definition) is 2. The molecule has 2 aromatic heterocycles. The summed E-state index contributed by atoms with van der Waals surface area (Å²) in [6, 6.07) is 8.49. The van der Waals surface area contributed by atoms with Crippen LogP contribution in [0.2, 0.25) is 0 Å². The molecule has 0 fully saturated rings. The molecule has 25 heavy (non-hydrogen) atoms. The van der Waals surface area contributed by atoms with Crippen molar-refractivity contribution in [3.8, 4) is 11.3 Å². The molecule has 0 spiro atoms. The van der Waals surface area contributed by atoms with Crippen LogP contribution in [-0.2, 0) is 7.05 Å². The first-order valence-electron chi connectivity index (χ1n) is 7.65. The summed E-state index contributed by atoms with van der Waals surface area (Å²) >= 11 is 0. The Morgan fingerprint density at radius 1 is 1.24 bits per heavy atom. The van der Waals surface area contributed by atoms with Crippen LogP contribution in [0.15, 0.2) is 58.1 Å². The first kappa shape index (κ1) is 16.4. The van der Waals surface area contributed by atoms with Crippen LogP contribution in [-0.4, -0.2) is 20.6 Å². The van der Waals surface area contributed by atoms with Crippen LogP contribution in [0.25, 0.3) is 11.3 Å². The van der Waals surface area contributed by atoms with E-state index < -0.39 is 17.6 Å². The van der Waals surface area contributed by atoms with Crippen LogP contribution < -0.4 is 16.2 Å². The molecule has 0 bridgehead atoms. The van der Waals surface area contributed by atoms with E-state index in [0.717, 1.165) is 5.56 Å². The lowest BCUT2D eigenvalue weighted by atomic mass is 10.2. The molecule has 2 heterocycles. The van der Waals surface area contributed by atoms with Crippen molar-refractivity contribution in [2.75, 3.05) is 5.32 Å². The number of hydrogen-bond acceptors (Lipinski definition) is 5. The first-order valence-corrected chi connectivity index (χ1v) is 7.65. The predicted molar refractivity (Wildman–Crippen MR) is 92.0 cm³/mol. The number of oxazole rings is 1. The predicted octanol–water partition coefficient (Wildman–Crippen LogP) is 2.32. The fourth-order valence-electron chi connectivity index (χ4n) is 2.21. The van der Waals surface area contributed by atoms with Gasteiger partial charge in [-0.1, -0.05) is 30.3 Å².